The van der Waals surface area contributed by atoms with Crippen molar-refractivity contribution in [2.24, 2.45) is 0 Å². The molecule has 1 aromatic rings. The van der Waals surface area contributed by atoms with Crippen LogP contribution in [0.1, 0.15) is 12.8 Å². The minimum atomic E-state index is -0.457. The van der Waals surface area contributed by atoms with Gasteiger partial charge in [-0.3, -0.25) is 0 Å². The molecule has 0 atom stereocenters. The second-order valence-corrected chi connectivity index (χ2v) is 4.39. The van der Waals surface area contributed by atoms with Crippen LogP contribution in [0, 0.1) is 0 Å². The molecule has 1 aromatic carbocycles. The minimum Gasteiger partial charge on any atom is -0.504 e. The number of halogens is 1. The van der Waals surface area contributed by atoms with Crippen molar-refractivity contribution in [3.05, 3.63) is 22.7 Å². The molecule has 0 amide bonds. The van der Waals surface area contributed by atoms with E-state index in [-0.39, 0.29) is 12.4 Å². The van der Waals surface area contributed by atoms with Gasteiger partial charge in [-0.2, -0.15) is 0 Å². The topological polar surface area (TPSA) is 49.7 Å². The van der Waals surface area contributed by atoms with Crippen molar-refractivity contribution >= 4 is 15.9 Å². The van der Waals surface area contributed by atoms with Crippen LogP contribution in [-0.2, 0) is 0 Å². The van der Waals surface area contributed by atoms with Crippen molar-refractivity contribution in [3.8, 4) is 11.5 Å². The first kappa shape index (κ1) is 9.80. The number of rotatable bonds is 3. The Morgan fingerprint density at radius 2 is 2.14 bits per heavy atom. The van der Waals surface area contributed by atoms with Crippen LogP contribution < -0.4 is 4.74 Å². The van der Waals surface area contributed by atoms with E-state index in [1.54, 1.807) is 18.2 Å². The van der Waals surface area contributed by atoms with Crippen LogP contribution in [0.3, 0.4) is 0 Å². The molecule has 2 N–H and O–H groups in total. The molecule has 1 saturated carbocycles. The van der Waals surface area contributed by atoms with E-state index in [2.05, 4.69) is 15.9 Å². The van der Waals surface area contributed by atoms with Crippen LogP contribution in [-0.4, -0.2) is 22.4 Å². The smallest absolute Gasteiger partial charge is 0.176 e. The summed E-state index contributed by atoms with van der Waals surface area (Å²) in [5.74, 6) is 0.512. The molecule has 0 heterocycles. The molecule has 76 valence electrons. The minimum absolute atomic E-state index is 0.00618. The first-order valence-corrected chi connectivity index (χ1v) is 5.23. The number of hydrogen-bond acceptors (Lipinski definition) is 3. The maximum absolute atomic E-state index is 9.54. The van der Waals surface area contributed by atoms with E-state index in [1.165, 1.54) is 0 Å². The number of ether oxygens (including phenoxy) is 1. The average Bonchev–Trinajstić information content (AvgIpc) is 2.93. The molecule has 0 aromatic heterocycles. The number of benzene rings is 1. The summed E-state index contributed by atoms with van der Waals surface area (Å²) in [6.07, 6.45) is 1.68. The average molecular weight is 259 g/mol. The zero-order valence-electron chi connectivity index (χ0n) is 7.53. The van der Waals surface area contributed by atoms with Crippen molar-refractivity contribution in [1.82, 2.24) is 0 Å². The highest BCUT2D eigenvalue weighted by Crippen LogP contribution is 2.44. The third-order valence-electron chi connectivity index (χ3n) is 2.36. The molecule has 14 heavy (non-hydrogen) atoms. The number of hydrogen-bond donors (Lipinski definition) is 2. The van der Waals surface area contributed by atoms with Gasteiger partial charge in [0.2, 0.25) is 0 Å². The number of aliphatic hydroxyl groups excluding tert-OH is 1. The van der Waals surface area contributed by atoms with E-state index in [4.69, 9.17) is 9.84 Å². The molecule has 0 spiro atoms. The van der Waals surface area contributed by atoms with E-state index >= 15 is 0 Å². The summed E-state index contributed by atoms with van der Waals surface area (Å²) in [5, 5.41) is 18.6. The zero-order chi connectivity index (χ0) is 10.2. The Labute approximate surface area is 90.5 Å². The number of aliphatic hydroxyl groups is 1. The highest BCUT2D eigenvalue weighted by atomic mass is 79.9. The molecule has 0 bridgehead atoms. The fourth-order valence-corrected chi connectivity index (χ4v) is 1.68. The Kier molecular flexibility index (Phi) is 2.41. The Morgan fingerprint density at radius 3 is 2.64 bits per heavy atom. The first-order chi connectivity index (χ1) is 6.67. The van der Waals surface area contributed by atoms with Gasteiger partial charge in [0, 0.05) is 0 Å². The number of phenols is 1. The monoisotopic (exact) mass is 258 g/mol. The Morgan fingerprint density at radius 1 is 1.43 bits per heavy atom. The zero-order valence-corrected chi connectivity index (χ0v) is 9.12. The highest BCUT2D eigenvalue weighted by Gasteiger charge is 2.45. The fraction of sp³-hybridized carbons (Fsp3) is 0.400. The molecule has 2 rings (SSSR count). The van der Waals surface area contributed by atoms with E-state index in [0.29, 0.717) is 10.2 Å². The van der Waals surface area contributed by atoms with Gasteiger partial charge in [0.15, 0.2) is 11.5 Å². The van der Waals surface area contributed by atoms with Crippen molar-refractivity contribution in [2.75, 3.05) is 6.61 Å². The van der Waals surface area contributed by atoms with Crippen molar-refractivity contribution in [2.45, 2.75) is 18.4 Å². The maximum Gasteiger partial charge on any atom is 0.176 e. The van der Waals surface area contributed by atoms with Gasteiger partial charge < -0.3 is 14.9 Å². The Hall–Kier alpha value is -0.740. The first-order valence-electron chi connectivity index (χ1n) is 4.44. The number of para-hydroxylation sites is 1. The second-order valence-electron chi connectivity index (χ2n) is 3.53. The summed E-state index contributed by atoms with van der Waals surface area (Å²) < 4.78 is 6.28. The van der Waals surface area contributed by atoms with Gasteiger partial charge in [-0.25, -0.2) is 0 Å². The van der Waals surface area contributed by atoms with Gasteiger partial charge in [0.1, 0.15) is 5.60 Å². The third-order valence-corrected chi connectivity index (χ3v) is 2.99. The van der Waals surface area contributed by atoms with Crippen molar-refractivity contribution in [1.29, 1.82) is 0 Å². The lowest BCUT2D eigenvalue weighted by atomic mass is 10.3. The van der Waals surface area contributed by atoms with Gasteiger partial charge >= 0.3 is 0 Å². The molecular weight excluding hydrogens is 248 g/mol. The quantitative estimate of drug-likeness (QED) is 0.873. The van der Waals surface area contributed by atoms with E-state index in [0.717, 1.165) is 12.8 Å². The summed E-state index contributed by atoms with van der Waals surface area (Å²) in [5.41, 5.74) is -0.457. The lowest BCUT2D eigenvalue weighted by Crippen LogP contribution is -2.22. The molecule has 3 nitrogen and oxygen atoms in total. The largest absolute Gasteiger partial charge is 0.504 e. The lowest BCUT2D eigenvalue weighted by Gasteiger charge is -2.17. The van der Waals surface area contributed by atoms with Gasteiger partial charge in [-0.1, -0.05) is 6.07 Å². The highest BCUT2D eigenvalue weighted by molar-refractivity contribution is 9.10. The van der Waals surface area contributed by atoms with Gasteiger partial charge in [-0.15, -0.1) is 0 Å². The molecule has 0 aliphatic heterocycles. The van der Waals surface area contributed by atoms with Crippen molar-refractivity contribution < 1.29 is 14.9 Å². The number of aromatic hydroxyl groups is 1. The Bertz CT molecular complexity index is 327. The van der Waals surface area contributed by atoms with Crippen LogP contribution in [0.15, 0.2) is 22.7 Å². The van der Waals surface area contributed by atoms with Crippen LogP contribution in [0.4, 0.5) is 0 Å². The van der Waals surface area contributed by atoms with Crippen LogP contribution >= 0.6 is 15.9 Å². The van der Waals surface area contributed by atoms with Gasteiger partial charge in [-0.05, 0) is 40.9 Å². The standard InChI is InChI=1S/C10H11BrO3/c11-7-2-1-3-8(13)9(7)14-10(6-12)4-5-10/h1-3,12-13H,4-6H2. The summed E-state index contributed by atoms with van der Waals surface area (Å²) in [7, 11) is 0. The summed E-state index contributed by atoms with van der Waals surface area (Å²) >= 11 is 3.29. The molecule has 4 heteroatoms. The van der Waals surface area contributed by atoms with E-state index in [9.17, 15) is 5.11 Å². The maximum atomic E-state index is 9.54. The van der Waals surface area contributed by atoms with Crippen LogP contribution in [0.5, 0.6) is 11.5 Å². The summed E-state index contributed by atoms with van der Waals surface area (Å²) in [6, 6.07) is 5.08. The third kappa shape index (κ3) is 1.72. The van der Waals surface area contributed by atoms with E-state index in [1.807, 2.05) is 0 Å². The second kappa shape index (κ2) is 3.44. The molecular formula is C10H11BrO3. The van der Waals surface area contributed by atoms with Crippen molar-refractivity contribution in [3.63, 3.8) is 0 Å². The normalized spacial score (nSPS) is 17.9. The molecule has 1 fully saturated rings. The lowest BCUT2D eigenvalue weighted by molar-refractivity contribution is 0.0918. The predicted molar refractivity (Wildman–Crippen MR) is 55.5 cm³/mol. The molecule has 0 saturated heterocycles. The van der Waals surface area contributed by atoms with Crippen LogP contribution in [0.2, 0.25) is 0 Å². The molecule has 0 unspecified atom stereocenters. The van der Waals surface area contributed by atoms with Crippen LogP contribution in [0.25, 0.3) is 0 Å². The Balaban J connectivity index is 2.24. The molecule has 1 aliphatic carbocycles. The van der Waals surface area contributed by atoms with Gasteiger partial charge in [0.25, 0.3) is 0 Å². The summed E-state index contributed by atoms with van der Waals surface area (Å²) in [4.78, 5) is 0. The van der Waals surface area contributed by atoms with Gasteiger partial charge in [0.05, 0.1) is 11.1 Å². The molecule has 1 aliphatic rings. The number of phenolic OH excluding ortho intramolecular Hbond substituents is 1. The fourth-order valence-electron chi connectivity index (χ4n) is 1.25. The molecule has 0 radical (unpaired) electrons. The summed E-state index contributed by atoms with van der Waals surface area (Å²) in [6.45, 7) is -0.00618. The predicted octanol–water partition coefficient (Wildman–Crippen LogP) is 2.06. The SMILES string of the molecule is OCC1(Oc2c(O)cccc2Br)CC1. The van der Waals surface area contributed by atoms with E-state index < -0.39 is 5.60 Å².